The lowest BCUT2D eigenvalue weighted by Crippen LogP contribution is -2.31. The van der Waals surface area contributed by atoms with Crippen molar-refractivity contribution in [1.82, 2.24) is 5.32 Å². The predicted octanol–water partition coefficient (Wildman–Crippen LogP) is 3.80. The van der Waals surface area contributed by atoms with E-state index in [0.717, 1.165) is 5.56 Å². The van der Waals surface area contributed by atoms with Gasteiger partial charge in [-0.05, 0) is 42.8 Å². The second-order valence-electron chi connectivity index (χ2n) is 4.46. The first-order valence-corrected chi connectivity index (χ1v) is 6.61. The van der Waals surface area contributed by atoms with Crippen molar-refractivity contribution < 1.29 is 4.79 Å². The average molecular weight is 290 g/mol. The molecule has 0 aliphatic rings. The summed E-state index contributed by atoms with van der Waals surface area (Å²) in [6, 6.07) is 13.9. The highest BCUT2D eigenvalue weighted by Crippen LogP contribution is 2.19. The maximum atomic E-state index is 11.9. The molecule has 2 rings (SSSR count). The molecule has 0 heterocycles. The lowest BCUT2D eigenvalue weighted by Gasteiger charge is -2.16. The van der Waals surface area contributed by atoms with E-state index in [0.29, 0.717) is 16.4 Å². The van der Waals surface area contributed by atoms with Gasteiger partial charge in [0.15, 0.2) is 0 Å². The second-order valence-corrected chi connectivity index (χ2v) is 4.89. The number of hydrogen-bond acceptors (Lipinski definition) is 2. The van der Waals surface area contributed by atoms with Crippen molar-refractivity contribution in [3.8, 4) is 0 Å². The fourth-order valence-electron chi connectivity index (χ4n) is 1.88. The van der Waals surface area contributed by atoms with Crippen LogP contribution in [-0.2, 0) is 0 Å². The number of nitrogens with one attached hydrogen (secondary N) is 2. The topological polar surface area (TPSA) is 67.2 Å². The Balaban J connectivity index is 1.98. The first-order valence-electron chi connectivity index (χ1n) is 6.24. The molecule has 5 heteroatoms. The van der Waals surface area contributed by atoms with E-state index in [1.807, 2.05) is 31.2 Å². The lowest BCUT2D eigenvalue weighted by molar-refractivity contribution is 0.249. The quantitative estimate of drug-likeness (QED) is 0.752. The Kier molecular flexibility index (Phi) is 4.48. The van der Waals surface area contributed by atoms with Crippen molar-refractivity contribution in [2.24, 2.45) is 0 Å². The maximum Gasteiger partial charge on any atom is 0.319 e. The molecular formula is C15H16ClN3O. The molecule has 2 aromatic rings. The van der Waals surface area contributed by atoms with E-state index in [1.165, 1.54) is 0 Å². The number of anilines is 2. The summed E-state index contributed by atoms with van der Waals surface area (Å²) >= 11 is 5.79. The molecule has 20 heavy (non-hydrogen) atoms. The predicted molar refractivity (Wildman–Crippen MR) is 82.9 cm³/mol. The third-order valence-electron chi connectivity index (χ3n) is 2.91. The summed E-state index contributed by atoms with van der Waals surface area (Å²) in [5.74, 6) is 0. The molecule has 0 bridgehead atoms. The summed E-state index contributed by atoms with van der Waals surface area (Å²) < 4.78 is 0. The number of amides is 2. The van der Waals surface area contributed by atoms with E-state index < -0.39 is 0 Å². The number of halogens is 1. The van der Waals surface area contributed by atoms with Crippen LogP contribution in [-0.4, -0.2) is 6.03 Å². The van der Waals surface area contributed by atoms with Crippen molar-refractivity contribution in [3.63, 3.8) is 0 Å². The molecular weight excluding hydrogens is 274 g/mol. The van der Waals surface area contributed by atoms with E-state index >= 15 is 0 Å². The summed E-state index contributed by atoms with van der Waals surface area (Å²) in [7, 11) is 0. The monoisotopic (exact) mass is 289 g/mol. The van der Waals surface area contributed by atoms with Gasteiger partial charge in [0.25, 0.3) is 0 Å². The van der Waals surface area contributed by atoms with Gasteiger partial charge < -0.3 is 16.4 Å². The molecule has 0 fully saturated rings. The van der Waals surface area contributed by atoms with Crippen molar-refractivity contribution >= 4 is 29.0 Å². The minimum absolute atomic E-state index is 0.177. The highest BCUT2D eigenvalue weighted by Gasteiger charge is 2.11. The zero-order valence-electron chi connectivity index (χ0n) is 11.1. The van der Waals surface area contributed by atoms with Gasteiger partial charge in [0.2, 0.25) is 0 Å². The number of nitrogens with two attached hydrogens (primary N) is 1. The number of hydrogen-bond donors (Lipinski definition) is 3. The van der Waals surface area contributed by atoms with Gasteiger partial charge in [0.1, 0.15) is 0 Å². The second kappa shape index (κ2) is 6.30. The molecule has 0 saturated heterocycles. The van der Waals surface area contributed by atoms with Crippen molar-refractivity contribution in [1.29, 1.82) is 0 Å². The summed E-state index contributed by atoms with van der Waals surface area (Å²) in [6.07, 6.45) is 0. The number of benzene rings is 2. The first-order chi connectivity index (χ1) is 9.56. The largest absolute Gasteiger partial charge is 0.398 e. The van der Waals surface area contributed by atoms with Gasteiger partial charge in [-0.15, -0.1) is 0 Å². The molecule has 104 valence electrons. The molecule has 2 aromatic carbocycles. The van der Waals surface area contributed by atoms with Gasteiger partial charge in [0.05, 0.1) is 6.04 Å². The van der Waals surface area contributed by atoms with Crippen LogP contribution in [0.3, 0.4) is 0 Å². The summed E-state index contributed by atoms with van der Waals surface area (Å²) in [6.45, 7) is 1.88. The molecule has 0 aliphatic carbocycles. The molecule has 1 atom stereocenters. The van der Waals surface area contributed by atoms with Gasteiger partial charge in [-0.3, -0.25) is 0 Å². The Bertz CT molecular complexity index is 598. The number of carbonyl (C=O) groups is 1. The first kappa shape index (κ1) is 14.2. The van der Waals surface area contributed by atoms with Gasteiger partial charge >= 0.3 is 6.03 Å². The molecule has 4 nitrogen and oxygen atoms in total. The van der Waals surface area contributed by atoms with Gasteiger partial charge in [-0.1, -0.05) is 29.8 Å². The third-order valence-corrected chi connectivity index (χ3v) is 3.16. The van der Waals surface area contributed by atoms with E-state index in [2.05, 4.69) is 10.6 Å². The van der Waals surface area contributed by atoms with Crippen LogP contribution in [0.5, 0.6) is 0 Å². The highest BCUT2D eigenvalue weighted by molar-refractivity contribution is 6.30. The van der Waals surface area contributed by atoms with Gasteiger partial charge in [-0.25, -0.2) is 4.79 Å². The molecule has 0 aromatic heterocycles. The smallest absolute Gasteiger partial charge is 0.319 e. The fourth-order valence-corrected chi connectivity index (χ4v) is 2.01. The van der Waals surface area contributed by atoms with Gasteiger partial charge in [0, 0.05) is 16.4 Å². The Labute approximate surface area is 122 Å². The Morgan fingerprint density at radius 3 is 2.45 bits per heavy atom. The minimum Gasteiger partial charge on any atom is -0.398 e. The zero-order valence-corrected chi connectivity index (χ0v) is 11.8. The van der Waals surface area contributed by atoms with Crippen molar-refractivity contribution in [2.45, 2.75) is 13.0 Å². The number of urea groups is 1. The van der Waals surface area contributed by atoms with Crippen LogP contribution < -0.4 is 16.4 Å². The zero-order chi connectivity index (χ0) is 14.5. The standard InChI is InChI=1S/C15H16ClN3O/c1-10(13-4-2-3-5-14(13)17)18-15(20)19-12-8-6-11(16)7-9-12/h2-10H,17H2,1H3,(H2,18,19,20). The normalized spacial score (nSPS) is 11.7. The number of carbonyl (C=O) groups excluding carboxylic acids is 1. The van der Waals surface area contributed by atoms with E-state index in [4.69, 9.17) is 17.3 Å². The number of para-hydroxylation sites is 1. The summed E-state index contributed by atoms with van der Waals surface area (Å²) in [5.41, 5.74) is 8.11. The van der Waals surface area contributed by atoms with Crippen LogP contribution in [0.4, 0.5) is 16.2 Å². The van der Waals surface area contributed by atoms with Gasteiger partial charge in [-0.2, -0.15) is 0 Å². The van der Waals surface area contributed by atoms with Crippen molar-refractivity contribution in [3.05, 3.63) is 59.1 Å². The third kappa shape index (κ3) is 3.65. The fraction of sp³-hybridized carbons (Fsp3) is 0.133. The summed E-state index contributed by atoms with van der Waals surface area (Å²) in [5, 5.41) is 6.20. The molecule has 0 spiro atoms. The molecule has 0 radical (unpaired) electrons. The molecule has 1 unspecified atom stereocenters. The molecule has 0 saturated carbocycles. The summed E-state index contributed by atoms with van der Waals surface area (Å²) in [4.78, 5) is 11.9. The van der Waals surface area contributed by atoms with Crippen LogP contribution in [0.2, 0.25) is 5.02 Å². The molecule has 0 aliphatic heterocycles. The Hall–Kier alpha value is -2.20. The number of rotatable bonds is 3. The minimum atomic E-state index is -0.289. The van der Waals surface area contributed by atoms with Crippen molar-refractivity contribution in [2.75, 3.05) is 11.1 Å². The number of nitrogen functional groups attached to an aromatic ring is 1. The maximum absolute atomic E-state index is 11.9. The van der Waals surface area contributed by atoms with Crippen LogP contribution >= 0.6 is 11.6 Å². The SMILES string of the molecule is CC(NC(=O)Nc1ccc(Cl)cc1)c1ccccc1N. The highest BCUT2D eigenvalue weighted by atomic mass is 35.5. The molecule has 4 N–H and O–H groups in total. The van der Waals surface area contributed by atoms with E-state index in [9.17, 15) is 4.79 Å². The van der Waals surface area contributed by atoms with Crippen LogP contribution in [0.15, 0.2) is 48.5 Å². The van der Waals surface area contributed by atoms with E-state index in [1.54, 1.807) is 24.3 Å². The molecule has 2 amide bonds. The van der Waals surface area contributed by atoms with E-state index in [-0.39, 0.29) is 12.1 Å². The Morgan fingerprint density at radius 2 is 1.80 bits per heavy atom. The van der Waals surface area contributed by atoms with Crippen LogP contribution in [0, 0.1) is 0 Å². The Morgan fingerprint density at radius 1 is 1.15 bits per heavy atom. The lowest BCUT2D eigenvalue weighted by atomic mass is 10.1. The average Bonchev–Trinajstić information content (AvgIpc) is 2.41. The van der Waals surface area contributed by atoms with Crippen LogP contribution in [0.25, 0.3) is 0 Å². The van der Waals surface area contributed by atoms with Crippen LogP contribution in [0.1, 0.15) is 18.5 Å².